The lowest BCUT2D eigenvalue weighted by Gasteiger charge is -2.26. The number of hydrogen-bond acceptors (Lipinski definition) is 7. The van der Waals surface area contributed by atoms with Crippen LogP contribution in [0.3, 0.4) is 0 Å². The Morgan fingerprint density at radius 3 is 2.49 bits per heavy atom. The van der Waals surface area contributed by atoms with E-state index in [9.17, 15) is 13.2 Å². The van der Waals surface area contributed by atoms with Gasteiger partial charge in [0.1, 0.15) is 5.82 Å². The predicted octanol–water partition coefficient (Wildman–Crippen LogP) is 4.02. The minimum absolute atomic E-state index is 0.0377. The Morgan fingerprint density at radius 1 is 1.13 bits per heavy atom. The third kappa shape index (κ3) is 6.99. The fraction of sp³-hybridized carbons (Fsp3) is 0.296. The average molecular weight is 587 g/mol. The molecule has 0 spiro atoms. The predicted molar refractivity (Wildman–Crippen MR) is 149 cm³/mol. The molecule has 1 aliphatic heterocycles. The number of sulfone groups is 1. The summed E-state index contributed by atoms with van der Waals surface area (Å²) < 4.78 is 30.9. The van der Waals surface area contributed by atoms with E-state index < -0.39 is 15.7 Å². The lowest BCUT2D eigenvalue weighted by Crippen LogP contribution is -2.50. The number of nitrogens with zero attached hydrogens (tertiary/aromatic N) is 4. The molecule has 0 atom stereocenters. The van der Waals surface area contributed by atoms with Crippen molar-refractivity contribution < 1.29 is 17.9 Å². The van der Waals surface area contributed by atoms with Crippen molar-refractivity contribution >= 4 is 38.9 Å². The van der Waals surface area contributed by atoms with Crippen LogP contribution in [0.15, 0.2) is 42.5 Å². The maximum atomic E-state index is 13.4. The second-order valence-corrected chi connectivity index (χ2v) is 11.9. The Bertz CT molecular complexity index is 1570. The van der Waals surface area contributed by atoms with E-state index in [1.165, 1.54) is 7.11 Å². The van der Waals surface area contributed by atoms with Crippen LogP contribution in [-0.2, 0) is 21.2 Å². The number of aromatic nitrogens is 2. The Labute approximate surface area is 237 Å². The highest BCUT2D eigenvalue weighted by molar-refractivity contribution is 7.91. The number of hydrazine groups is 1. The van der Waals surface area contributed by atoms with Gasteiger partial charge in [-0.1, -0.05) is 35.0 Å². The van der Waals surface area contributed by atoms with Gasteiger partial charge < -0.3 is 4.74 Å². The SMILES string of the molecule is COCc1c(C(=O)NN2CCS(=O)(=O)CC2)nc(-c2ccc(Cl)cc2Cl)n1-c1ccc(C#CCCC#N)cc1. The molecular formula is C27H25Cl2N5O4S. The van der Waals surface area contributed by atoms with E-state index in [0.717, 1.165) is 5.56 Å². The van der Waals surface area contributed by atoms with E-state index in [1.54, 1.807) is 27.8 Å². The molecular weight excluding hydrogens is 561 g/mol. The van der Waals surface area contributed by atoms with Gasteiger partial charge in [0.15, 0.2) is 15.5 Å². The molecule has 1 aromatic heterocycles. The zero-order valence-corrected chi connectivity index (χ0v) is 23.4. The monoisotopic (exact) mass is 585 g/mol. The van der Waals surface area contributed by atoms with Crippen LogP contribution in [0.5, 0.6) is 0 Å². The van der Waals surface area contributed by atoms with Gasteiger partial charge in [-0.2, -0.15) is 5.26 Å². The zero-order chi connectivity index (χ0) is 28.0. The summed E-state index contributed by atoms with van der Waals surface area (Å²) in [5.41, 5.74) is 5.41. The second kappa shape index (κ2) is 12.6. The van der Waals surface area contributed by atoms with Gasteiger partial charge >= 0.3 is 0 Å². The molecule has 3 aromatic rings. The minimum Gasteiger partial charge on any atom is -0.378 e. The summed E-state index contributed by atoms with van der Waals surface area (Å²) in [4.78, 5) is 18.1. The van der Waals surface area contributed by atoms with E-state index in [0.29, 0.717) is 45.7 Å². The number of ether oxygens (including phenoxy) is 1. The number of amides is 1. The lowest BCUT2D eigenvalue weighted by molar-refractivity contribution is 0.0792. The first-order valence-corrected chi connectivity index (χ1v) is 14.6. The number of halogens is 2. The molecule has 0 unspecified atom stereocenters. The first-order valence-electron chi connectivity index (χ1n) is 12.0. The number of methoxy groups -OCH3 is 1. The molecule has 2 heterocycles. The molecule has 1 amide bonds. The highest BCUT2D eigenvalue weighted by Crippen LogP contribution is 2.34. The Balaban J connectivity index is 1.78. The molecule has 0 aliphatic carbocycles. The number of carbonyl (C=O) groups excluding carboxylic acids is 1. The van der Waals surface area contributed by atoms with Crippen molar-refractivity contribution in [1.82, 2.24) is 20.0 Å². The van der Waals surface area contributed by atoms with E-state index in [4.69, 9.17) is 38.2 Å². The van der Waals surface area contributed by atoms with Crippen molar-refractivity contribution in [2.75, 3.05) is 31.7 Å². The highest BCUT2D eigenvalue weighted by Gasteiger charge is 2.28. The van der Waals surface area contributed by atoms with Crippen LogP contribution in [0.2, 0.25) is 10.0 Å². The van der Waals surface area contributed by atoms with Crippen LogP contribution in [0, 0.1) is 23.2 Å². The van der Waals surface area contributed by atoms with Gasteiger partial charge in [-0.3, -0.25) is 14.8 Å². The molecule has 1 N–H and O–H groups in total. The Hall–Kier alpha value is -3.38. The van der Waals surface area contributed by atoms with Gasteiger partial charge in [-0.25, -0.2) is 18.4 Å². The number of nitriles is 1. The minimum atomic E-state index is -3.11. The number of unbranched alkanes of at least 4 members (excludes halogenated alkanes) is 1. The number of nitrogens with one attached hydrogen (secondary N) is 1. The number of carbonyl (C=O) groups is 1. The van der Waals surface area contributed by atoms with Crippen molar-refractivity contribution in [2.24, 2.45) is 0 Å². The first-order chi connectivity index (χ1) is 18.7. The smallest absolute Gasteiger partial charge is 0.286 e. The van der Waals surface area contributed by atoms with E-state index in [2.05, 4.69) is 23.3 Å². The van der Waals surface area contributed by atoms with Crippen LogP contribution in [0.4, 0.5) is 0 Å². The van der Waals surface area contributed by atoms with Crippen LogP contribution >= 0.6 is 23.2 Å². The molecule has 4 rings (SSSR count). The number of imidazole rings is 1. The van der Waals surface area contributed by atoms with E-state index >= 15 is 0 Å². The highest BCUT2D eigenvalue weighted by atomic mass is 35.5. The van der Waals surface area contributed by atoms with Crippen molar-refractivity contribution in [3.63, 3.8) is 0 Å². The van der Waals surface area contributed by atoms with Crippen LogP contribution in [0.1, 0.15) is 34.6 Å². The summed E-state index contributed by atoms with van der Waals surface area (Å²) in [6.45, 7) is 0.424. The van der Waals surface area contributed by atoms with Gasteiger partial charge in [-0.15, -0.1) is 0 Å². The topological polar surface area (TPSA) is 117 Å². The molecule has 202 valence electrons. The summed E-state index contributed by atoms with van der Waals surface area (Å²) >= 11 is 12.7. The van der Waals surface area contributed by atoms with Crippen molar-refractivity contribution in [1.29, 1.82) is 5.26 Å². The summed E-state index contributed by atoms with van der Waals surface area (Å²) in [7, 11) is -1.59. The molecule has 1 fully saturated rings. The largest absolute Gasteiger partial charge is 0.378 e. The zero-order valence-electron chi connectivity index (χ0n) is 21.1. The van der Waals surface area contributed by atoms with Crippen LogP contribution in [0.25, 0.3) is 17.1 Å². The first kappa shape index (κ1) is 28.6. The van der Waals surface area contributed by atoms with Gasteiger partial charge in [0.05, 0.1) is 34.9 Å². The summed E-state index contributed by atoms with van der Waals surface area (Å²) in [6, 6.07) is 14.5. The van der Waals surface area contributed by atoms with Crippen LogP contribution < -0.4 is 5.43 Å². The van der Waals surface area contributed by atoms with Crippen molar-refractivity contribution in [2.45, 2.75) is 19.4 Å². The van der Waals surface area contributed by atoms with Gasteiger partial charge in [-0.05, 0) is 42.5 Å². The Morgan fingerprint density at radius 2 is 1.85 bits per heavy atom. The number of hydrogen-bond donors (Lipinski definition) is 1. The van der Waals surface area contributed by atoms with E-state index in [1.807, 2.05) is 24.3 Å². The van der Waals surface area contributed by atoms with Crippen molar-refractivity contribution in [3.8, 4) is 35.0 Å². The molecule has 12 heteroatoms. The third-order valence-corrected chi connectivity index (χ3v) is 8.12. The normalized spacial score (nSPS) is 14.7. The molecule has 9 nitrogen and oxygen atoms in total. The molecule has 0 bridgehead atoms. The van der Waals surface area contributed by atoms with Crippen molar-refractivity contribution in [3.05, 3.63) is 69.5 Å². The molecule has 39 heavy (non-hydrogen) atoms. The summed E-state index contributed by atoms with van der Waals surface area (Å²) in [5, 5.41) is 11.1. The second-order valence-electron chi connectivity index (χ2n) is 8.71. The maximum Gasteiger partial charge on any atom is 0.286 e. The van der Waals surface area contributed by atoms with Gasteiger partial charge in [0.25, 0.3) is 5.91 Å². The molecule has 0 radical (unpaired) electrons. The quantitative estimate of drug-likeness (QED) is 0.328. The fourth-order valence-corrected chi connectivity index (χ4v) is 5.73. The van der Waals surface area contributed by atoms with Crippen LogP contribution in [-0.4, -0.2) is 60.6 Å². The standard InChI is InChI=1S/C27H25Cl2N5O4S/c1-38-18-24-25(27(35)32-33-13-15-39(36,37)16-14-33)31-26(22-11-8-20(28)17-23(22)29)34(24)21-9-6-19(7-10-21)5-3-2-4-12-30/h6-11,17H,2,4,13-16,18H2,1H3,(H,32,35). The molecule has 0 saturated carbocycles. The average Bonchev–Trinajstić information content (AvgIpc) is 3.27. The third-order valence-electron chi connectivity index (χ3n) is 5.97. The Kier molecular flexibility index (Phi) is 9.28. The maximum absolute atomic E-state index is 13.4. The fourth-order valence-electron chi connectivity index (χ4n) is 4.03. The molecule has 1 saturated heterocycles. The summed E-state index contributed by atoms with van der Waals surface area (Å²) in [5.74, 6) is 5.84. The lowest BCUT2D eigenvalue weighted by atomic mass is 10.1. The number of rotatable bonds is 7. The molecule has 1 aliphatic rings. The van der Waals surface area contributed by atoms with Gasteiger partial charge in [0, 0.05) is 54.9 Å². The number of benzene rings is 2. The van der Waals surface area contributed by atoms with Gasteiger partial charge in [0.2, 0.25) is 0 Å². The molecule has 2 aromatic carbocycles. The van der Waals surface area contributed by atoms with E-state index in [-0.39, 0.29) is 36.9 Å². The summed E-state index contributed by atoms with van der Waals surface area (Å²) in [6.07, 6.45) is 0.849.